The predicted molar refractivity (Wildman–Crippen MR) is 84.3 cm³/mol. The minimum atomic E-state index is -0.322. The molecular formula is C15H20ClN3O3. The SMILES string of the molecule is Cl.O=C1c2ccccc2C(=O)N1CCNCC1CNCC1O. The van der Waals surface area contributed by atoms with Gasteiger partial charge in [-0.1, -0.05) is 12.1 Å². The molecule has 3 rings (SSSR count). The summed E-state index contributed by atoms with van der Waals surface area (Å²) in [4.78, 5) is 25.6. The lowest BCUT2D eigenvalue weighted by Gasteiger charge is -2.17. The van der Waals surface area contributed by atoms with Gasteiger partial charge >= 0.3 is 0 Å². The lowest BCUT2D eigenvalue weighted by molar-refractivity contribution is 0.0653. The Bertz CT molecular complexity index is 532. The van der Waals surface area contributed by atoms with Gasteiger partial charge in [-0.25, -0.2) is 0 Å². The van der Waals surface area contributed by atoms with Gasteiger partial charge in [-0.2, -0.15) is 0 Å². The summed E-state index contributed by atoms with van der Waals surface area (Å²) in [6, 6.07) is 6.90. The van der Waals surface area contributed by atoms with E-state index in [2.05, 4.69) is 10.6 Å². The molecule has 7 heteroatoms. The van der Waals surface area contributed by atoms with E-state index >= 15 is 0 Å². The number of hydrogen-bond acceptors (Lipinski definition) is 5. The number of carbonyl (C=O) groups excluding carboxylic acids is 2. The minimum absolute atomic E-state index is 0. The molecule has 2 unspecified atom stereocenters. The molecule has 0 saturated carbocycles. The Morgan fingerprint density at radius 3 is 2.36 bits per heavy atom. The molecule has 22 heavy (non-hydrogen) atoms. The number of benzene rings is 1. The quantitative estimate of drug-likeness (QED) is 0.519. The van der Waals surface area contributed by atoms with Crippen LogP contribution in [-0.4, -0.2) is 60.6 Å². The van der Waals surface area contributed by atoms with Crippen molar-refractivity contribution in [3.8, 4) is 0 Å². The van der Waals surface area contributed by atoms with Crippen LogP contribution in [-0.2, 0) is 0 Å². The second-order valence-electron chi connectivity index (χ2n) is 5.50. The molecule has 2 amide bonds. The first-order valence-electron chi connectivity index (χ1n) is 7.23. The summed E-state index contributed by atoms with van der Waals surface area (Å²) >= 11 is 0. The predicted octanol–water partition coefficient (Wildman–Crippen LogP) is -0.126. The first-order chi connectivity index (χ1) is 10.2. The highest BCUT2D eigenvalue weighted by molar-refractivity contribution is 6.21. The highest BCUT2D eigenvalue weighted by Crippen LogP contribution is 2.21. The molecule has 2 aliphatic heterocycles. The fourth-order valence-electron chi connectivity index (χ4n) is 2.85. The van der Waals surface area contributed by atoms with Crippen LogP contribution in [0.15, 0.2) is 24.3 Å². The van der Waals surface area contributed by atoms with Gasteiger partial charge in [0.15, 0.2) is 0 Å². The number of imide groups is 1. The Hall–Kier alpha value is -1.47. The third-order valence-corrected chi connectivity index (χ3v) is 4.10. The molecule has 1 aromatic rings. The molecule has 0 bridgehead atoms. The third kappa shape index (κ3) is 3.15. The number of fused-ring (bicyclic) bond motifs is 1. The molecular weight excluding hydrogens is 306 g/mol. The monoisotopic (exact) mass is 325 g/mol. The van der Waals surface area contributed by atoms with Crippen molar-refractivity contribution in [2.45, 2.75) is 6.10 Å². The first-order valence-corrected chi connectivity index (χ1v) is 7.23. The molecule has 6 nitrogen and oxygen atoms in total. The highest BCUT2D eigenvalue weighted by Gasteiger charge is 2.34. The summed E-state index contributed by atoms with van der Waals surface area (Å²) in [5.41, 5.74) is 0.968. The number of aliphatic hydroxyl groups excluding tert-OH is 1. The molecule has 3 N–H and O–H groups in total. The Morgan fingerprint density at radius 2 is 1.82 bits per heavy atom. The van der Waals surface area contributed by atoms with E-state index in [4.69, 9.17) is 0 Å². The summed E-state index contributed by atoms with van der Waals surface area (Å²) in [7, 11) is 0. The molecule has 2 heterocycles. The van der Waals surface area contributed by atoms with E-state index < -0.39 is 0 Å². The van der Waals surface area contributed by atoms with Gasteiger partial charge in [-0.15, -0.1) is 12.4 Å². The van der Waals surface area contributed by atoms with Crippen LogP contribution < -0.4 is 10.6 Å². The van der Waals surface area contributed by atoms with Crippen LogP contribution in [0.5, 0.6) is 0 Å². The second-order valence-corrected chi connectivity index (χ2v) is 5.50. The normalized spacial score (nSPS) is 23.6. The number of rotatable bonds is 5. The number of amides is 2. The summed E-state index contributed by atoms with van der Waals surface area (Å²) < 4.78 is 0. The Balaban J connectivity index is 0.00000176. The molecule has 2 aliphatic rings. The first kappa shape index (κ1) is 16.9. The van der Waals surface area contributed by atoms with Crippen LogP contribution in [0.4, 0.5) is 0 Å². The largest absolute Gasteiger partial charge is 0.391 e. The molecule has 1 saturated heterocycles. The van der Waals surface area contributed by atoms with E-state index in [1.807, 2.05) is 0 Å². The van der Waals surface area contributed by atoms with Gasteiger partial charge in [0.25, 0.3) is 11.8 Å². The van der Waals surface area contributed by atoms with Crippen molar-refractivity contribution in [3.05, 3.63) is 35.4 Å². The van der Waals surface area contributed by atoms with Gasteiger partial charge in [0.2, 0.25) is 0 Å². The zero-order valence-electron chi connectivity index (χ0n) is 12.1. The van der Waals surface area contributed by atoms with Gasteiger partial charge in [0, 0.05) is 38.6 Å². The number of halogens is 1. The van der Waals surface area contributed by atoms with E-state index in [9.17, 15) is 14.7 Å². The Labute approximate surface area is 135 Å². The molecule has 0 spiro atoms. The lowest BCUT2D eigenvalue weighted by Crippen LogP contribution is -2.39. The van der Waals surface area contributed by atoms with Crippen molar-refractivity contribution in [2.75, 3.05) is 32.7 Å². The van der Waals surface area contributed by atoms with Crippen LogP contribution >= 0.6 is 12.4 Å². The fourth-order valence-corrected chi connectivity index (χ4v) is 2.85. The Kier molecular flexibility index (Phi) is 5.52. The molecule has 2 atom stereocenters. The molecule has 0 aliphatic carbocycles. The minimum Gasteiger partial charge on any atom is -0.391 e. The molecule has 0 aromatic heterocycles. The second kappa shape index (κ2) is 7.19. The maximum atomic E-state index is 12.1. The van der Waals surface area contributed by atoms with E-state index in [1.54, 1.807) is 24.3 Å². The van der Waals surface area contributed by atoms with Crippen LogP contribution in [0.3, 0.4) is 0 Å². The van der Waals surface area contributed by atoms with Crippen LogP contribution in [0, 0.1) is 5.92 Å². The zero-order valence-corrected chi connectivity index (χ0v) is 12.9. The standard InChI is InChI=1S/C15H19N3O3.ClH/c19-13-9-17-8-10(13)7-16-5-6-18-14(20)11-3-1-2-4-12(11)15(18)21;/h1-4,10,13,16-17,19H,5-9H2;1H. The fraction of sp³-hybridized carbons (Fsp3) is 0.467. The van der Waals surface area contributed by atoms with Crippen molar-refractivity contribution >= 4 is 24.2 Å². The van der Waals surface area contributed by atoms with Gasteiger partial charge in [0.1, 0.15) is 0 Å². The highest BCUT2D eigenvalue weighted by atomic mass is 35.5. The van der Waals surface area contributed by atoms with Crippen molar-refractivity contribution in [2.24, 2.45) is 5.92 Å². The van der Waals surface area contributed by atoms with Crippen molar-refractivity contribution in [1.29, 1.82) is 0 Å². The summed E-state index contributed by atoms with van der Waals surface area (Å²) in [6.45, 7) is 2.99. The number of β-amino-alcohol motifs (C(OH)–C–C–N with tert-alkyl or cyclic N) is 1. The van der Waals surface area contributed by atoms with E-state index in [-0.39, 0.29) is 36.2 Å². The maximum absolute atomic E-state index is 12.1. The van der Waals surface area contributed by atoms with Crippen molar-refractivity contribution in [1.82, 2.24) is 15.5 Å². The van der Waals surface area contributed by atoms with Gasteiger partial charge in [0.05, 0.1) is 17.2 Å². The zero-order chi connectivity index (χ0) is 14.8. The van der Waals surface area contributed by atoms with E-state index in [0.717, 1.165) is 6.54 Å². The average molecular weight is 326 g/mol. The number of nitrogens with one attached hydrogen (secondary N) is 2. The Morgan fingerprint density at radius 1 is 1.18 bits per heavy atom. The third-order valence-electron chi connectivity index (χ3n) is 4.10. The number of nitrogens with zero attached hydrogens (tertiary/aromatic N) is 1. The summed E-state index contributed by atoms with van der Waals surface area (Å²) in [5.74, 6) is -0.257. The lowest BCUT2D eigenvalue weighted by atomic mass is 10.1. The number of hydrogen-bond donors (Lipinski definition) is 3. The molecule has 120 valence electrons. The topological polar surface area (TPSA) is 81.7 Å². The van der Waals surface area contributed by atoms with Crippen LogP contribution in [0.1, 0.15) is 20.7 Å². The summed E-state index contributed by atoms with van der Waals surface area (Å²) in [6.07, 6.45) is -0.322. The van der Waals surface area contributed by atoms with E-state index in [0.29, 0.717) is 37.3 Å². The summed E-state index contributed by atoms with van der Waals surface area (Å²) in [5, 5.41) is 16.0. The number of aliphatic hydroxyl groups is 1. The van der Waals surface area contributed by atoms with Crippen molar-refractivity contribution in [3.63, 3.8) is 0 Å². The number of carbonyl (C=O) groups is 2. The van der Waals surface area contributed by atoms with Crippen molar-refractivity contribution < 1.29 is 14.7 Å². The average Bonchev–Trinajstić information content (AvgIpc) is 3.00. The molecule has 1 aromatic carbocycles. The molecule has 1 fully saturated rings. The van der Waals surface area contributed by atoms with Gasteiger partial charge in [-0.3, -0.25) is 14.5 Å². The van der Waals surface area contributed by atoms with Crippen LogP contribution in [0.25, 0.3) is 0 Å². The van der Waals surface area contributed by atoms with Gasteiger partial charge in [-0.05, 0) is 12.1 Å². The smallest absolute Gasteiger partial charge is 0.261 e. The van der Waals surface area contributed by atoms with E-state index in [1.165, 1.54) is 4.90 Å². The van der Waals surface area contributed by atoms with Crippen LogP contribution in [0.2, 0.25) is 0 Å². The van der Waals surface area contributed by atoms with Gasteiger partial charge < -0.3 is 15.7 Å². The maximum Gasteiger partial charge on any atom is 0.261 e. The molecule has 0 radical (unpaired) electrons.